The van der Waals surface area contributed by atoms with Gasteiger partial charge in [-0.25, -0.2) is 0 Å². The van der Waals surface area contributed by atoms with Crippen molar-refractivity contribution in [1.82, 2.24) is 14.9 Å². The third-order valence-electron chi connectivity index (χ3n) is 5.60. The summed E-state index contributed by atoms with van der Waals surface area (Å²) in [6.07, 6.45) is 8.69. The summed E-state index contributed by atoms with van der Waals surface area (Å²) in [5.74, 6) is 0.628. The molecule has 2 aromatic rings. The van der Waals surface area contributed by atoms with Gasteiger partial charge in [-0.3, -0.25) is 14.8 Å². The standard InChI is InChI=1S/C20H23N3O2/c24-19(16-5-4-9-21-11-16)23-12-17-6-3-8-20(17,14-23)15-25-13-18-7-1-2-10-22-18/h1-2,4-5,7,9-11,17H,3,6,8,12-15H2/t17-,20+/m0/s1. The lowest BCUT2D eigenvalue weighted by Gasteiger charge is -2.28. The van der Waals surface area contributed by atoms with Crippen LogP contribution in [0.1, 0.15) is 35.3 Å². The molecule has 1 saturated heterocycles. The van der Waals surface area contributed by atoms with Gasteiger partial charge in [0.25, 0.3) is 5.91 Å². The molecule has 2 aliphatic rings. The number of hydrogen-bond donors (Lipinski definition) is 0. The van der Waals surface area contributed by atoms with Gasteiger partial charge in [0.2, 0.25) is 0 Å². The minimum atomic E-state index is 0.0894. The molecule has 0 bridgehead atoms. The van der Waals surface area contributed by atoms with Crippen LogP contribution in [0.25, 0.3) is 0 Å². The van der Waals surface area contributed by atoms with Crippen LogP contribution < -0.4 is 0 Å². The van der Waals surface area contributed by atoms with Crippen molar-refractivity contribution in [3.8, 4) is 0 Å². The van der Waals surface area contributed by atoms with E-state index in [4.69, 9.17) is 4.74 Å². The first-order chi connectivity index (χ1) is 12.3. The maximum atomic E-state index is 12.8. The Balaban J connectivity index is 1.41. The second-order valence-corrected chi connectivity index (χ2v) is 7.19. The first-order valence-electron chi connectivity index (χ1n) is 8.94. The molecule has 1 saturated carbocycles. The van der Waals surface area contributed by atoms with Crippen molar-refractivity contribution in [2.75, 3.05) is 19.7 Å². The fraction of sp³-hybridized carbons (Fsp3) is 0.450. The van der Waals surface area contributed by atoms with Crippen molar-refractivity contribution < 1.29 is 9.53 Å². The van der Waals surface area contributed by atoms with E-state index in [1.165, 1.54) is 12.8 Å². The highest BCUT2D eigenvalue weighted by Crippen LogP contribution is 2.49. The van der Waals surface area contributed by atoms with Gasteiger partial charge in [0, 0.05) is 37.1 Å². The molecule has 0 radical (unpaired) electrons. The topological polar surface area (TPSA) is 55.3 Å². The van der Waals surface area contributed by atoms with Crippen molar-refractivity contribution in [2.24, 2.45) is 11.3 Å². The van der Waals surface area contributed by atoms with Gasteiger partial charge in [0.15, 0.2) is 0 Å². The van der Waals surface area contributed by atoms with E-state index in [-0.39, 0.29) is 11.3 Å². The number of aromatic nitrogens is 2. The maximum absolute atomic E-state index is 12.8. The smallest absolute Gasteiger partial charge is 0.255 e. The fourth-order valence-electron chi connectivity index (χ4n) is 4.32. The summed E-state index contributed by atoms with van der Waals surface area (Å²) in [5, 5.41) is 0. The Morgan fingerprint density at radius 1 is 1.28 bits per heavy atom. The molecule has 25 heavy (non-hydrogen) atoms. The average Bonchev–Trinajstić information content (AvgIpc) is 3.20. The normalized spacial score (nSPS) is 25.1. The van der Waals surface area contributed by atoms with E-state index < -0.39 is 0 Å². The second-order valence-electron chi connectivity index (χ2n) is 7.19. The van der Waals surface area contributed by atoms with Gasteiger partial charge in [-0.2, -0.15) is 0 Å². The zero-order valence-electron chi connectivity index (χ0n) is 14.3. The molecular formula is C20H23N3O2. The number of carbonyl (C=O) groups excluding carboxylic acids is 1. The Bertz CT molecular complexity index is 722. The number of rotatable bonds is 5. The minimum absolute atomic E-state index is 0.0894. The Morgan fingerprint density at radius 3 is 3.04 bits per heavy atom. The molecule has 2 aromatic heterocycles. The minimum Gasteiger partial charge on any atom is -0.375 e. The van der Waals surface area contributed by atoms with Crippen molar-refractivity contribution in [3.63, 3.8) is 0 Å². The highest BCUT2D eigenvalue weighted by atomic mass is 16.5. The Kier molecular flexibility index (Phi) is 4.49. The molecule has 0 N–H and O–H groups in total. The predicted octanol–water partition coefficient (Wildman–Crippen LogP) is 2.94. The fourth-order valence-corrected chi connectivity index (χ4v) is 4.32. The van der Waals surface area contributed by atoms with Crippen LogP contribution in [0.4, 0.5) is 0 Å². The predicted molar refractivity (Wildman–Crippen MR) is 93.8 cm³/mol. The van der Waals surface area contributed by atoms with Crippen LogP contribution in [-0.4, -0.2) is 40.5 Å². The molecule has 5 nitrogen and oxygen atoms in total. The number of likely N-dealkylation sites (tertiary alicyclic amines) is 1. The summed E-state index contributed by atoms with van der Waals surface area (Å²) in [7, 11) is 0. The summed E-state index contributed by atoms with van der Waals surface area (Å²) in [5.41, 5.74) is 1.73. The number of carbonyl (C=O) groups is 1. The highest BCUT2D eigenvalue weighted by Gasteiger charge is 2.50. The van der Waals surface area contributed by atoms with E-state index >= 15 is 0 Å². The van der Waals surface area contributed by atoms with Gasteiger partial charge < -0.3 is 9.64 Å². The molecule has 2 fully saturated rings. The first kappa shape index (κ1) is 16.2. The molecule has 4 rings (SSSR count). The zero-order chi connectivity index (χ0) is 17.1. The van der Waals surface area contributed by atoms with Crippen molar-refractivity contribution in [3.05, 3.63) is 60.2 Å². The van der Waals surface area contributed by atoms with Crippen LogP contribution in [-0.2, 0) is 11.3 Å². The SMILES string of the molecule is O=C(c1cccnc1)N1C[C@@H]2CCC[C@]2(COCc2ccccn2)C1. The molecule has 2 atom stereocenters. The van der Waals surface area contributed by atoms with E-state index in [0.29, 0.717) is 24.7 Å². The molecule has 3 heterocycles. The number of pyridine rings is 2. The van der Waals surface area contributed by atoms with Crippen molar-refractivity contribution in [1.29, 1.82) is 0 Å². The quantitative estimate of drug-likeness (QED) is 0.842. The number of amides is 1. The van der Waals surface area contributed by atoms with E-state index in [1.54, 1.807) is 18.6 Å². The lowest BCUT2D eigenvalue weighted by atomic mass is 9.81. The van der Waals surface area contributed by atoms with Gasteiger partial charge in [-0.05, 0) is 43.0 Å². The number of fused-ring (bicyclic) bond motifs is 1. The van der Waals surface area contributed by atoms with Crippen molar-refractivity contribution in [2.45, 2.75) is 25.9 Å². The van der Waals surface area contributed by atoms with Crippen LogP contribution in [0.5, 0.6) is 0 Å². The van der Waals surface area contributed by atoms with Gasteiger partial charge in [-0.1, -0.05) is 12.5 Å². The van der Waals surface area contributed by atoms with Gasteiger partial charge in [0.1, 0.15) is 0 Å². The third-order valence-corrected chi connectivity index (χ3v) is 5.60. The van der Waals surface area contributed by atoms with E-state index in [9.17, 15) is 4.79 Å². The van der Waals surface area contributed by atoms with E-state index in [1.807, 2.05) is 35.2 Å². The van der Waals surface area contributed by atoms with Crippen LogP contribution >= 0.6 is 0 Å². The second kappa shape index (κ2) is 6.92. The number of nitrogens with zero attached hydrogens (tertiary/aromatic N) is 3. The number of hydrogen-bond acceptors (Lipinski definition) is 4. The molecule has 5 heteroatoms. The largest absolute Gasteiger partial charge is 0.375 e. The molecule has 0 spiro atoms. The Morgan fingerprint density at radius 2 is 2.24 bits per heavy atom. The van der Waals surface area contributed by atoms with Gasteiger partial charge in [0.05, 0.1) is 24.5 Å². The summed E-state index contributed by atoms with van der Waals surface area (Å²) in [4.78, 5) is 23.1. The van der Waals surface area contributed by atoms with E-state index in [0.717, 1.165) is 25.2 Å². The average molecular weight is 337 g/mol. The van der Waals surface area contributed by atoms with Gasteiger partial charge >= 0.3 is 0 Å². The molecule has 1 aliphatic carbocycles. The summed E-state index contributed by atoms with van der Waals surface area (Å²) < 4.78 is 6.03. The van der Waals surface area contributed by atoms with E-state index in [2.05, 4.69) is 9.97 Å². The molecule has 0 aromatic carbocycles. The summed E-state index contributed by atoms with van der Waals surface area (Å²) >= 11 is 0. The molecular weight excluding hydrogens is 314 g/mol. The molecule has 1 amide bonds. The monoisotopic (exact) mass is 337 g/mol. The van der Waals surface area contributed by atoms with Crippen LogP contribution in [0.3, 0.4) is 0 Å². The zero-order valence-corrected chi connectivity index (χ0v) is 14.3. The molecule has 0 unspecified atom stereocenters. The molecule has 130 valence electrons. The maximum Gasteiger partial charge on any atom is 0.255 e. The lowest BCUT2D eigenvalue weighted by Crippen LogP contribution is -2.34. The van der Waals surface area contributed by atoms with Crippen molar-refractivity contribution >= 4 is 5.91 Å². The highest BCUT2D eigenvalue weighted by molar-refractivity contribution is 5.94. The Hall–Kier alpha value is -2.27. The summed E-state index contributed by atoms with van der Waals surface area (Å²) in [6, 6.07) is 9.53. The Labute approximate surface area is 148 Å². The first-order valence-corrected chi connectivity index (χ1v) is 8.94. The van der Waals surface area contributed by atoms with Crippen LogP contribution in [0.15, 0.2) is 48.9 Å². The molecule has 1 aliphatic heterocycles. The van der Waals surface area contributed by atoms with Crippen LogP contribution in [0.2, 0.25) is 0 Å². The number of ether oxygens (including phenoxy) is 1. The lowest BCUT2D eigenvalue weighted by molar-refractivity contribution is 0.0252. The summed E-state index contributed by atoms with van der Waals surface area (Å²) in [6.45, 7) is 2.85. The van der Waals surface area contributed by atoms with Crippen LogP contribution in [0, 0.1) is 11.3 Å². The third kappa shape index (κ3) is 3.29. The van der Waals surface area contributed by atoms with Gasteiger partial charge in [-0.15, -0.1) is 0 Å².